The van der Waals surface area contributed by atoms with Gasteiger partial charge in [0.25, 0.3) is 11.8 Å². The molecule has 1 aromatic rings. The van der Waals surface area contributed by atoms with Crippen LogP contribution in [0.25, 0.3) is 0 Å². The number of hydrogen-bond donors (Lipinski definition) is 1. The van der Waals surface area contributed by atoms with E-state index in [0.717, 1.165) is 10.5 Å². The molecule has 0 spiro atoms. The van der Waals surface area contributed by atoms with E-state index in [1.54, 1.807) is 18.2 Å². The van der Waals surface area contributed by atoms with Gasteiger partial charge in [0.1, 0.15) is 6.04 Å². The number of nitrogens with zero attached hydrogens (tertiary/aromatic N) is 1. The van der Waals surface area contributed by atoms with E-state index in [-0.39, 0.29) is 12.0 Å². The highest BCUT2D eigenvalue weighted by atomic mass is 32.2. The Bertz CT molecular complexity index is 585. The maximum Gasteiger partial charge on any atom is 0.326 e. The Morgan fingerprint density at radius 2 is 1.95 bits per heavy atom. The highest BCUT2D eigenvalue weighted by molar-refractivity contribution is 7.98. The second kappa shape index (κ2) is 5.66. The molecule has 20 heavy (non-hydrogen) atoms. The molecule has 1 N–H and O–H groups in total. The van der Waals surface area contributed by atoms with Gasteiger partial charge in [-0.15, -0.1) is 0 Å². The van der Waals surface area contributed by atoms with Crippen LogP contribution < -0.4 is 0 Å². The van der Waals surface area contributed by atoms with Crippen LogP contribution in [0.3, 0.4) is 0 Å². The highest BCUT2D eigenvalue weighted by Gasteiger charge is 2.42. The molecule has 6 heteroatoms. The van der Waals surface area contributed by atoms with Crippen molar-refractivity contribution in [3.8, 4) is 0 Å². The topological polar surface area (TPSA) is 74.7 Å². The van der Waals surface area contributed by atoms with Crippen molar-refractivity contribution in [1.29, 1.82) is 0 Å². The standard InChI is InChI=1S/C14H15NO4S/c1-8-3-4-9-10(7-8)13(17)15(12(9)16)11(14(18)19)5-6-20-2/h3-4,7,11H,5-6H2,1-2H3,(H,18,19). The van der Waals surface area contributed by atoms with Crippen molar-refractivity contribution in [3.05, 3.63) is 34.9 Å². The summed E-state index contributed by atoms with van der Waals surface area (Å²) in [6.45, 7) is 1.82. The van der Waals surface area contributed by atoms with Crippen LogP contribution in [0.15, 0.2) is 18.2 Å². The molecule has 0 saturated carbocycles. The SMILES string of the molecule is CSCCC(C(=O)O)N1C(=O)c2ccc(C)cc2C1=O. The first-order valence-corrected chi connectivity index (χ1v) is 7.57. The highest BCUT2D eigenvalue weighted by Crippen LogP contribution is 2.27. The zero-order valence-corrected chi connectivity index (χ0v) is 12.1. The van der Waals surface area contributed by atoms with Crippen molar-refractivity contribution in [3.63, 3.8) is 0 Å². The average Bonchev–Trinajstić information content (AvgIpc) is 2.63. The summed E-state index contributed by atoms with van der Waals surface area (Å²) in [6, 6.07) is 3.85. The summed E-state index contributed by atoms with van der Waals surface area (Å²) in [5.74, 6) is -1.60. The fourth-order valence-corrected chi connectivity index (χ4v) is 2.71. The number of carbonyl (C=O) groups excluding carboxylic acids is 2. The lowest BCUT2D eigenvalue weighted by atomic mass is 10.1. The smallest absolute Gasteiger partial charge is 0.326 e. The minimum Gasteiger partial charge on any atom is -0.480 e. The Kier molecular flexibility index (Phi) is 4.13. The molecule has 1 aliphatic rings. The number of carboxylic acids is 1. The molecule has 0 aliphatic carbocycles. The number of hydrogen-bond acceptors (Lipinski definition) is 4. The Labute approximate surface area is 121 Å². The second-order valence-electron chi connectivity index (χ2n) is 4.66. The van der Waals surface area contributed by atoms with Gasteiger partial charge in [0, 0.05) is 0 Å². The van der Waals surface area contributed by atoms with E-state index in [4.69, 9.17) is 0 Å². The molecule has 0 aromatic heterocycles. The lowest BCUT2D eigenvalue weighted by molar-refractivity contribution is -0.141. The predicted molar refractivity (Wildman–Crippen MR) is 76.1 cm³/mol. The van der Waals surface area contributed by atoms with Crippen molar-refractivity contribution in [2.24, 2.45) is 0 Å². The molecule has 1 heterocycles. The molecule has 1 aromatic carbocycles. The van der Waals surface area contributed by atoms with E-state index >= 15 is 0 Å². The maximum absolute atomic E-state index is 12.3. The third-order valence-corrected chi connectivity index (χ3v) is 3.91. The minimum absolute atomic E-state index is 0.251. The average molecular weight is 293 g/mol. The van der Waals surface area contributed by atoms with Crippen LogP contribution >= 0.6 is 11.8 Å². The van der Waals surface area contributed by atoms with Gasteiger partial charge in [-0.05, 0) is 37.5 Å². The largest absolute Gasteiger partial charge is 0.480 e. The van der Waals surface area contributed by atoms with Crippen LogP contribution in [0.5, 0.6) is 0 Å². The number of amides is 2. The molecule has 1 aliphatic heterocycles. The molecule has 106 valence electrons. The van der Waals surface area contributed by atoms with Crippen molar-refractivity contribution in [2.75, 3.05) is 12.0 Å². The monoisotopic (exact) mass is 293 g/mol. The number of thioether (sulfide) groups is 1. The van der Waals surface area contributed by atoms with Crippen LogP contribution in [-0.4, -0.2) is 45.8 Å². The zero-order chi connectivity index (χ0) is 14.9. The number of carboxylic acid groups (broad SMARTS) is 1. The molecular weight excluding hydrogens is 278 g/mol. The molecule has 2 amide bonds. The first-order chi connectivity index (χ1) is 9.47. The van der Waals surface area contributed by atoms with E-state index in [2.05, 4.69) is 0 Å². The number of carbonyl (C=O) groups is 3. The number of rotatable bonds is 5. The van der Waals surface area contributed by atoms with Crippen molar-refractivity contribution < 1.29 is 19.5 Å². The summed E-state index contributed by atoms with van der Waals surface area (Å²) in [4.78, 5) is 36.8. The Morgan fingerprint density at radius 1 is 1.30 bits per heavy atom. The molecule has 1 atom stereocenters. The van der Waals surface area contributed by atoms with Gasteiger partial charge in [0.15, 0.2) is 0 Å². The third-order valence-electron chi connectivity index (χ3n) is 3.27. The fraction of sp³-hybridized carbons (Fsp3) is 0.357. The minimum atomic E-state index is -1.15. The number of fused-ring (bicyclic) bond motifs is 1. The summed E-state index contributed by atoms with van der Waals surface area (Å²) >= 11 is 1.48. The summed E-state index contributed by atoms with van der Waals surface area (Å²) in [7, 11) is 0. The molecule has 0 bridgehead atoms. The lowest BCUT2D eigenvalue weighted by Crippen LogP contribution is -2.45. The first kappa shape index (κ1) is 14.6. The van der Waals surface area contributed by atoms with Gasteiger partial charge in [-0.2, -0.15) is 11.8 Å². The summed E-state index contributed by atoms with van der Waals surface area (Å²) < 4.78 is 0. The first-order valence-electron chi connectivity index (χ1n) is 6.17. The molecule has 2 rings (SSSR count). The summed E-state index contributed by atoms with van der Waals surface area (Å²) in [6.07, 6.45) is 2.10. The van der Waals surface area contributed by atoms with Crippen LogP contribution in [-0.2, 0) is 4.79 Å². The Hall–Kier alpha value is -1.82. The number of aryl methyl sites for hydroxylation is 1. The Balaban J connectivity index is 2.37. The van der Waals surface area contributed by atoms with E-state index in [9.17, 15) is 19.5 Å². The van der Waals surface area contributed by atoms with Crippen molar-refractivity contribution in [1.82, 2.24) is 4.90 Å². The summed E-state index contributed by atoms with van der Waals surface area (Å²) in [5, 5.41) is 9.27. The molecule has 0 radical (unpaired) electrons. The molecule has 0 saturated heterocycles. The normalized spacial score (nSPS) is 15.4. The van der Waals surface area contributed by atoms with E-state index < -0.39 is 23.8 Å². The van der Waals surface area contributed by atoms with E-state index in [0.29, 0.717) is 11.3 Å². The van der Waals surface area contributed by atoms with Crippen molar-refractivity contribution >= 4 is 29.5 Å². The number of benzene rings is 1. The molecule has 1 unspecified atom stereocenters. The molecule has 5 nitrogen and oxygen atoms in total. The Morgan fingerprint density at radius 3 is 2.55 bits per heavy atom. The van der Waals surface area contributed by atoms with Crippen LogP contribution in [0, 0.1) is 6.92 Å². The van der Waals surface area contributed by atoms with Crippen molar-refractivity contribution in [2.45, 2.75) is 19.4 Å². The third kappa shape index (κ3) is 2.43. The lowest BCUT2D eigenvalue weighted by Gasteiger charge is -2.22. The fourth-order valence-electron chi connectivity index (χ4n) is 2.25. The van der Waals surface area contributed by atoms with Gasteiger partial charge in [-0.1, -0.05) is 11.6 Å². The van der Waals surface area contributed by atoms with Gasteiger partial charge in [0.2, 0.25) is 0 Å². The number of aliphatic carboxylic acids is 1. The maximum atomic E-state index is 12.3. The van der Waals surface area contributed by atoms with Crippen LogP contribution in [0.1, 0.15) is 32.7 Å². The quantitative estimate of drug-likeness (QED) is 0.838. The second-order valence-corrected chi connectivity index (χ2v) is 5.65. The predicted octanol–water partition coefficient (Wildman–Crippen LogP) is 1.80. The van der Waals surface area contributed by atoms with E-state index in [1.807, 2.05) is 13.2 Å². The molecule has 0 fully saturated rings. The van der Waals surface area contributed by atoms with E-state index in [1.165, 1.54) is 11.8 Å². The van der Waals surface area contributed by atoms with Crippen LogP contribution in [0.2, 0.25) is 0 Å². The van der Waals surface area contributed by atoms with Gasteiger partial charge in [0.05, 0.1) is 11.1 Å². The van der Waals surface area contributed by atoms with Gasteiger partial charge in [-0.25, -0.2) is 4.79 Å². The van der Waals surface area contributed by atoms with Gasteiger partial charge < -0.3 is 5.11 Å². The van der Waals surface area contributed by atoms with Gasteiger partial charge >= 0.3 is 5.97 Å². The molecular formula is C14H15NO4S. The number of imide groups is 1. The zero-order valence-electron chi connectivity index (χ0n) is 11.3. The summed E-state index contributed by atoms with van der Waals surface area (Å²) in [5.41, 5.74) is 1.45. The van der Waals surface area contributed by atoms with Gasteiger partial charge in [-0.3, -0.25) is 14.5 Å². The van der Waals surface area contributed by atoms with Crippen LogP contribution in [0.4, 0.5) is 0 Å².